The second-order valence-electron chi connectivity index (χ2n) is 6.30. The van der Waals surface area contributed by atoms with E-state index >= 15 is 0 Å². The number of carboxylic acids is 1. The van der Waals surface area contributed by atoms with Gasteiger partial charge in [-0.1, -0.05) is 49.6 Å². The molecule has 1 atom stereocenters. The van der Waals surface area contributed by atoms with Crippen molar-refractivity contribution >= 4 is 23.5 Å². The van der Waals surface area contributed by atoms with Gasteiger partial charge in [-0.05, 0) is 31.9 Å². The predicted octanol–water partition coefficient (Wildman–Crippen LogP) is 3.57. The summed E-state index contributed by atoms with van der Waals surface area (Å²) in [5, 5.41) is 17.0. The van der Waals surface area contributed by atoms with Crippen LogP contribution >= 0.6 is 11.6 Å². The second kappa shape index (κ2) is 8.85. The average molecular weight is 378 g/mol. The quantitative estimate of drug-likeness (QED) is 0.736. The first kappa shape index (κ1) is 20.0. The van der Waals surface area contributed by atoms with Gasteiger partial charge in [0.15, 0.2) is 0 Å². The number of nitrogens with zero attached hydrogens (tertiary/aromatic N) is 2. The number of amides is 1. The third kappa shape index (κ3) is 4.64. The normalized spacial score (nSPS) is 12.0. The summed E-state index contributed by atoms with van der Waals surface area (Å²) < 4.78 is 1.72. The minimum absolute atomic E-state index is 0.406. The first-order valence-corrected chi connectivity index (χ1v) is 9.04. The molecule has 1 unspecified atom stereocenters. The molecular formula is C19H24ClN3O3. The fourth-order valence-electron chi connectivity index (χ4n) is 2.86. The van der Waals surface area contributed by atoms with Crippen molar-refractivity contribution in [2.24, 2.45) is 0 Å². The fourth-order valence-corrected chi connectivity index (χ4v) is 3.06. The van der Waals surface area contributed by atoms with Crippen molar-refractivity contribution in [3.8, 4) is 0 Å². The molecule has 2 N–H and O–H groups in total. The predicted molar refractivity (Wildman–Crippen MR) is 101 cm³/mol. The van der Waals surface area contributed by atoms with Gasteiger partial charge in [0.25, 0.3) is 5.91 Å². The number of carbonyl (C=O) groups excluding carboxylic acids is 1. The Hall–Kier alpha value is -2.34. The monoisotopic (exact) mass is 377 g/mol. The van der Waals surface area contributed by atoms with Gasteiger partial charge in [0.1, 0.15) is 6.04 Å². The maximum absolute atomic E-state index is 12.6. The van der Waals surface area contributed by atoms with E-state index in [0.29, 0.717) is 34.9 Å². The first-order chi connectivity index (χ1) is 12.3. The number of benzene rings is 1. The summed E-state index contributed by atoms with van der Waals surface area (Å²) >= 11 is 6.20. The Morgan fingerprint density at radius 2 is 2.00 bits per heavy atom. The molecule has 0 bridgehead atoms. The number of aryl methyl sites for hydroxylation is 1. The molecule has 0 aliphatic heterocycles. The maximum Gasteiger partial charge on any atom is 0.326 e. The van der Waals surface area contributed by atoms with Crippen LogP contribution in [0, 0.1) is 13.8 Å². The van der Waals surface area contributed by atoms with E-state index in [4.69, 9.17) is 11.6 Å². The lowest BCUT2D eigenvalue weighted by molar-refractivity contribution is -0.139. The molecule has 1 amide bonds. The van der Waals surface area contributed by atoms with E-state index in [1.165, 1.54) is 0 Å². The summed E-state index contributed by atoms with van der Waals surface area (Å²) in [6.45, 7) is 5.96. The highest BCUT2D eigenvalue weighted by Crippen LogP contribution is 2.19. The molecule has 7 heteroatoms. The van der Waals surface area contributed by atoms with Crippen molar-refractivity contribution in [1.82, 2.24) is 15.1 Å². The molecule has 6 nitrogen and oxygen atoms in total. The topological polar surface area (TPSA) is 84.2 Å². The van der Waals surface area contributed by atoms with E-state index in [1.54, 1.807) is 24.6 Å². The van der Waals surface area contributed by atoms with Gasteiger partial charge in [-0.15, -0.1) is 0 Å². The highest BCUT2D eigenvalue weighted by atomic mass is 35.5. The van der Waals surface area contributed by atoms with E-state index in [1.807, 2.05) is 25.1 Å². The third-order valence-electron chi connectivity index (χ3n) is 4.34. The zero-order valence-corrected chi connectivity index (χ0v) is 16.0. The second-order valence-corrected chi connectivity index (χ2v) is 6.71. The van der Waals surface area contributed by atoms with Crippen LogP contribution in [0.2, 0.25) is 5.02 Å². The molecule has 1 heterocycles. The zero-order valence-electron chi connectivity index (χ0n) is 15.3. The number of unbranched alkanes of at least 4 members (excludes halogenated alkanes) is 1. The summed E-state index contributed by atoms with van der Waals surface area (Å²) in [6, 6.07) is 6.57. The van der Waals surface area contributed by atoms with Gasteiger partial charge in [-0.3, -0.25) is 9.48 Å². The van der Waals surface area contributed by atoms with E-state index in [0.717, 1.165) is 18.4 Å². The molecule has 2 rings (SSSR count). The number of hydrogen-bond donors (Lipinski definition) is 2. The van der Waals surface area contributed by atoms with Gasteiger partial charge in [0.05, 0.1) is 17.8 Å². The molecule has 0 radical (unpaired) electrons. The number of rotatable bonds is 8. The van der Waals surface area contributed by atoms with E-state index < -0.39 is 17.9 Å². The van der Waals surface area contributed by atoms with E-state index in [2.05, 4.69) is 10.4 Å². The van der Waals surface area contributed by atoms with Gasteiger partial charge >= 0.3 is 5.97 Å². The molecule has 0 aliphatic rings. The highest BCUT2D eigenvalue weighted by Gasteiger charge is 2.24. The molecule has 140 valence electrons. The Bertz CT molecular complexity index is 801. The standard InChI is InChI=1S/C19H24ClN3O3/c1-4-5-10-16(19(25)26)21-18(24)17-12(2)22-23(13(17)3)11-14-8-6-7-9-15(14)20/h6-9,16H,4-5,10-11H2,1-3H3,(H,21,24)(H,25,26). The van der Waals surface area contributed by atoms with E-state index in [-0.39, 0.29) is 0 Å². The smallest absolute Gasteiger partial charge is 0.326 e. The number of halogens is 1. The van der Waals surface area contributed by atoms with Crippen LogP contribution in [0.15, 0.2) is 24.3 Å². The Morgan fingerprint density at radius 3 is 2.62 bits per heavy atom. The molecule has 1 aromatic heterocycles. The lowest BCUT2D eigenvalue weighted by Crippen LogP contribution is -2.41. The molecule has 0 saturated heterocycles. The number of carbonyl (C=O) groups is 2. The Kier molecular flexibility index (Phi) is 6.80. The Morgan fingerprint density at radius 1 is 1.31 bits per heavy atom. The van der Waals surface area contributed by atoms with Crippen molar-refractivity contribution in [3.63, 3.8) is 0 Å². The van der Waals surface area contributed by atoms with Crippen molar-refractivity contribution in [3.05, 3.63) is 51.8 Å². The van der Waals surface area contributed by atoms with Crippen LogP contribution in [0.5, 0.6) is 0 Å². The lowest BCUT2D eigenvalue weighted by Gasteiger charge is -2.14. The van der Waals surface area contributed by atoms with Gasteiger partial charge in [0, 0.05) is 10.7 Å². The molecular weight excluding hydrogens is 354 g/mol. The number of aliphatic carboxylic acids is 1. The lowest BCUT2D eigenvalue weighted by atomic mass is 10.1. The van der Waals surface area contributed by atoms with Crippen LogP contribution < -0.4 is 5.32 Å². The summed E-state index contributed by atoms with van der Waals surface area (Å²) in [4.78, 5) is 24.0. The molecule has 0 saturated carbocycles. The van der Waals surface area contributed by atoms with Crippen LogP contribution in [0.1, 0.15) is 53.5 Å². The minimum Gasteiger partial charge on any atom is -0.480 e. The minimum atomic E-state index is -1.02. The van der Waals surface area contributed by atoms with Gasteiger partial charge < -0.3 is 10.4 Å². The number of hydrogen-bond acceptors (Lipinski definition) is 3. The fraction of sp³-hybridized carbons (Fsp3) is 0.421. The van der Waals surface area contributed by atoms with E-state index in [9.17, 15) is 14.7 Å². The maximum atomic E-state index is 12.6. The highest BCUT2D eigenvalue weighted by molar-refractivity contribution is 6.31. The Balaban J connectivity index is 2.22. The van der Waals surface area contributed by atoms with Gasteiger partial charge in [0.2, 0.25) is 0 Å². The summed E-state index contributed by atoms with van der Waals surface area (Å²) in [5.41, 5.74) is 2.56. The van der Waals surface area contributed by atoms with Crippen molar-refractivity contribution in [2.45, 2.75) is 52.6 Å². The summed E-state index contributed by atoms with van der Waals surface area (Å²) in [5.74, 6) is -1.43. The SMILES string of the molecule is CCCCC(NC(=O)c1c(C)nn(Cc2ccccc2Cl)c1C)C(=O)O. The zero-order chi connectivity index (χ0) is 19.3. The van der Waals surface area contributed by atoms with Crippen LogP contribution in [-0.4, -0.2) is 32.8 Å². The molecule has 0 spiro atoms. The summed E-state index contributed by atoms with van der Waals surface area (Å²) in [6.07, 6.45) is 2.01. The van der Waals surface area contributed by atoms with Crippen LogP contribution in [-0.2, 0) is 11.3 Å². The molecule has 0 fully saturated rings. The van der Waals surface area contributed by atoms with Crippen molar-refractivity contribution in [2.75, 3.05) is 0 Å². The van der Waals surface area contributed by atoms with Crippen LogP contribution in [0.4, 0.5) is 0 Å². The largest absolute Gasteiger partial charge is 0.480 e. The molecule has 0 aliphatic carbocycles. The van der Waals surface area contributed by atoms with Crippen LogP contribution in [0.25, 0.3) is 0 Å². The third-order valence-corrected chi connectivity index (χ3v) is 4.71. The first-order valence-electron chi connectivity index (χ1n) is 8.66. The van der Waals surface area contributed by atoms with Gasteiger partial charge in [-0.25, -0.2) is 4.79 Å². The summed E-state index contributed by atoms with van der Waals surface area (Å²) in [7, 11) is 0. The molecule has 26 heavy (non-hydrogen) atoms. The van der Waals surface area contributed by atoms with Crippen LogP contribution in [0.3, 0.4) is 0 Å². The van der Waals surface area contributed by atoms with Crippen molar-refractivity contribution < 1.29 is 14.7 Å². The number of aromatic nitrogens is 2. The average Bonchev–Trinajstić information content (AvgIpc) is 2.87. The Labute approximate surface area is 158 Å². The molecule has 2 aromatic rings. The number of carboxylic acid groups (broad SMARTS) is 1. The molecule has 1 aromatic carbocycles. The number of nitrogens with one attached hydrogen (secondary N) is 1. The van der Waals surface area contributed by atoms with Gasteiger partial charge in [-0.2, -0.15) is 5.10 Å². The van der Waals surface area contributed by atoms with Crippen molar-refractivity contribution in [1.29, 1.82) is 0 Å².